The normalized spacial score (nSPS) is 30.3. The Balaban J connectivity index is 1.63. The highest BCUT2D eigenvalue weighted by molar-refractivity contribution is 6.32. The molecule has 6 atom stereocenters. The Morgan fingerprint density at radius 3 is 2.23 bits per heavy atom. The van der Waals surface area contributed by atoms with E-state index in [-0.39, 0.29) is 24.2 Å². The van der Waals surface area contributed by atoms with Gasteiger partial charge in [0.2, 0.25) is 5.91 Å². The van der Waals surface area contributed by atoms with Crippen molar-refractivity contribution in [2.24, 2.45) is 29.4 Å². The quantitative estimate of drug-likeness (QED) is 0.502. The summed E-state index contributed by atoms with van der Waals surface area (Å²) in [5.41, 5.74) is 5.94. The zero-order valence-corrected chi connectivity index (χ0v) is 22.3. The van der Waals surface area contributed by atoms with Crippen molar-refractivity contribution in [3.05, 3.63) is 53.1 Å². The van der Waals surface area contributed by atoms with Crippen LogP contribution in [-0.4, -0.2) is 69.9 Å². The summed E-state index contributed by atoms with van der Waals surface area (Å²) >= 11 is 0. The van der Waals surface area contributed by atoms with E-state index in [0.717, 1.165) is 16.7 Å². The van der Waals surface area contributed by atoms with Gasteiger partial charge in [0, 0.05) is 5.92 Å². The standard InChI is InChI=1S/C30H32N2O7/c1-13(2)14-5-7-15(8-6-14)17-9-10-20(33)22-18(17)11-16-12-19-24(32(3)4)26(35)23(29(31)38)28(37)30(19,39)27(36)21(16)25(22)34/h5-10,13,16,19,21,23-24,33,39H,11-12H2,1-4H3,(H2,31,38)/t16-,19-,21?,23?,24-,30-/m1/s1. The van der Waals surface area contributed by atoms with Gasteiger partial charge in [0.05, 0.1) is 17.5 Å². The molecule has 9 heteroatoms. The van der Waals surface area contributed by atoms with Crippen molar-refractivity contribution in [3.8, 4) is 16.9 Å². The first kappa shape index (κ1) is 26.9. The molecule has 3 aliphatic rings. The molecule has 0 aliphatic heterocycles. The Kier molecular flexibility index (Phi) is 6.35. The number of carbonyl (C=O) groups excluding carboxylic acids is 5. The summed E-state index contributed by atoms with van der Waals surface area (Å²) < 4.78 is 0. The van der Waals surface area contributed by atoms with Gasteiger partial charge >= 0.3 is 0 Å². The smallest absolute Gasteiger partial charge is 0.235 e. The number of nitrogens with two attached hydrogens (primary N) is 1. The molecule has 0 aromatic heterocycles. The Bertz CT molecular complexity index is 1430. The van der Waals surface area contributed by atoms with Crippen LogP contribution in [0.5, 0.6) is 5.75 Å². The fourth-order valence-electron chi connectivity index (χ4n) is 6.92. The maximum absolute atomic E-state index is 13.9. The van der Waals surface area contributed by atoms with Crippen LogP contribution in [-0.2, 0) is 25.6 Å². The third-order valence-electron chi connectivity index (χ3n) is 8.83. The predicted molar refractivity (Wildman–Crippen MR) is 141 cm³/mol. The molecule has 204 valence electrons. The summed E-state index contributed by atoms with van der Waals surface area (Å²) in [4.78, 5) is 67.9. The number of primary amides is 1. The van der Waals surface area contributed by atoms with E-state index in [2.05, 4.69) is 13.8 Å². The maximum Gasteiger partial charge on any atom is 0.235 e. The van der Waals surface area contributed by atoms with E-state index in [1.807, 2.05) is 24.3 Å². The second kappa shape index (κ2) is 9.20. The lowest BCUT2D eigenvalue weighted by molar-refractivity contribution is -0.181. The molecule has 0 saturated heterocycles. The van der Waals surface area contributed by atoms with Crippen LogP contribution >= 0.6 is 0 Å². The number of aliphatic hydroxyl groups is 1. The summed E-state index contributed by atoms with van der Waals surface area (Å²) in [5, 5.41) is 22.4. The Morgan fingerprint density at radius 2 is 1.67 bits per heavy atom. The molecule has 2 saturated carbocycles. The van der Waals surface area contributed by atoms with E-state index in [4.69, 9.17) is 5.73 Å². The highest BCUT2D eigenvalue weighted by Crippen LogP contribution is 2.51. The minimum absolute atomic E-state index is 0.00738. The van der Waals surface area contributed by atoms with Crippen LogP contribution in [0.3, 0.4) is 0 Å². The van der Waals surface area contributed by atoms with E-state index in [0.29, 0.717) is 11.5 Å². The average molecular weight is 533 g/mol. The summed E-state index contributed by atoms with van der Waals surface area (Å²) in [6.45, 7) is 4.18. The molecule has 5 rings (SSSR count). The number of aromatic hydroxyl groups is 1. The summed E-state index contributed by atoms with van der Waals surface area (Å²) in [6, 6.07) is 9.94. The fourth-order valence-corrected chi connectivity index (χ4v) is 6.92. The van der Waals surface area contributed by atoms with E-state index in [1.165, 1.54) is 11.0 Å². The first-order chi connectivity index (χ1) is 18.3. The lowest BCUT2D eigenvalue weighted by Gasteiger charge is -2.52. The second-order valence-corrected chi connectivity index (χ2v) is 11.6. The molecular weight excluding hydrogens is 500 g/mol. The topological polar surface area (TPSA) is 155 Å². The molecule has 2 aromatic carbocycles. The molecular formula is C30H32N2O7. The van der Waals surface area contributed by atoms with Crippen molar-refractivity contribution in [2.75, 3.05) is 14.1 Å². The van der Waals surface area contributed by atoms with Crippen molar-refractivity contribution < 1.29 is 34.2 Å². The van der Waals surface area contributed by atoms with Crippen LogP contribution in [0.2, 0.25) is 0 Å². The molecule has 1 amide bonds. The number of hydrogen-bond acceptors (Lipinski definition) is 8. The number of fused-ring (bicyclic) bond motifs is 3. The zero-order valence-electron chi connectivity index (χ0n) is 22.3. The number of phenolic OH excluding ortho intramolecular Hbond substituents is 1. The number of phenols is 1. The summed E-state index contributed by atoms with van der Waals surface area (Å²) in [6.07, 6.45) is 0.243. The number of likely N-dealkylation sites (N-methyl/N-ethyl adjacent to an activating group) is 1. The van der Waals surface area contributed by atoms with Crippen LogP contribution < -0.4 is 5.73 Å². The molecule has 2 unspecified atom stereocenters. The molecule has 39 heavy (non-hydrogen) atoms. The van der Waals surface area contributed by atoms with Crippen LogP contribution in [0.1, 0.15) is 47.7 Å². The molecule has 0 spiro atoms. The minimum Gasteiger partial charge on any atom is -0.507 e. The van der Waals surface area contributed by atoms with Gasteiger partial charge in [-0.2, -0.15) is 0 Å². The Hall–Kier alpha value is -3.69. The number of ketones is 4. The van der Waals surface area contributed by atoms with Crippen molar-refractivity contribution in [1.29, 1.82) is 0 Å². The number of carbonyl (C=O) groups is 5. The van der Waals surface area contributed by atoms with E-state index < -0.39 is 64.4 Å². The van der Waals surface area contributed by atoms with E-state index in [9.17, 15) is 34.2 Å². The Morgan fingerprint density at radius 1 is 1.03 bits per heavy atom. The van der Waals surface area contributed by atoms with Crippen molar-refractivity contribution in [3.63, 3.8) is 0 Å². The van der Waals surface area contributed by atoms with Crippen molar-refractivity contribution >= 4 is 29.0 Å². The highest BCUT2D eigenvalue weighted by atomic mass is 16.3. The van der Waals surface area contributed by atoms with Gasteiger partial charge in [-0.15, -0.1) is 0 Å². The Labute approximate surface area is 226 Å². The molecule has 2 fully saturated rings. The van der Waals surface area contributed by atoms with Gasteiger partial charge < -0.3 is 15.9 Å². The van der Waals surface area contributed by atoms with Crippen LogP contribution in [0, 0.1) is 23.7 Å². The van der Waals surface area contributed by atoms with Gasteiger partial charge in [0.1, 0.15) is 5.75 Å². The number of rotatable bonds is 4. The van der Waals surface area contributed by atoms with Gasteiger partial charge in [-0.25, -0.2) is 0 Å². The summed E-state index contributed by atoms with van der Waals surface area (Å²) in [5.74, 6) is -10.1. The minimum atomic E-state index is -2.73. The largest absolute Gasteiger partial charge is 0.507 e. The molecule has 9 nitrogen and oxygen atoms in total. The molecule has 0 heterocycles. The van der Waals surface area contributed by atoms with Crippen LogP contribution in [0.15, 0.2) is 36.4 Å². The van der Waals surface area contributed by atoms with Crippen LogP contribution in [0.4, 0.5) is 0 Å². The third kappa shape index (κ3) is 3.78. The zero-order chi connectivity index (χ0) is 28.5. The van der Waals surface area contributed by atoms with Gasteiger partial charge in [-0.1, -0.05) is 44.2 Å². The fraction of sp³-hybridized carbons (Fsp3) is 0.433. The van der Waals surface area contributed by atoms with Crippen molar-refractivity contribution in [2.45, 2.75) is 44.2 Å². The lowest BCUT2D eigenvalue weighted by atomic mass is 9.52. The average Bonchev–Trinajstić information content (AvgIpc) is 2.86. The SMILES string of the molecule is CC(C)c1ccc(-c2ccc(O)c3c2C[C@@H]2C[C@@H]4[C@@H](N(C)C)C(=O)C(C(N)=O)C(=O)[C@]4(O)C(=O)C2C3=O)cc1. The number of Topliss-reactive ketones (excluding diaryl/α,β-unsaturated/α-hetero) is 4. The highest BCUT2D eigenvalue weighted by Gasteiger charge is 2.69. The number of nitrogens with zero attached hydrogens (tertiary/aromatic N) is 1. The van der Waals surface area contributed by atoms with Gasteiger partial charge in [-0.05, 0) is 67.1 Å². The van der Waals surface area contributed by atoms with Gasteiger partial charge in [0.25, 0.3) is 0 Å². The first-order valence-corrected chi connectivity index (χ1v) is 13.1. The molecule has 2 aromatic rings. The van der Waals surface area contributed by atoms with Gasteiger partial charge in [0.15, 0.2) is 34.7 Å². The molecule has 0 bridgehead atoms. The monoisotopic (exact) mass is 532 g/mol. The maximum atomic E-state index is 13.9. The predicted octanol–water partition coefficient (Wildman–Crippen LogP) is 1.66. The lowest BCUT2D eigenvalue weighted by Crippen LogP contribution is -2.74. The second-order valence-electron chi connectivity index (χ2n) is 11.6. The molecule has 4 N–H and O–H groups in total. The molecule has 3 aliphatic carbocycles. The van der Waals surface area contributed by atoms with Crippen LogP contribution in [0.25, 0.3) is 11.1 Å². The third-order valence-corrected chi connectivity index (χ3v) is 8.83. The van der Waals surface area contributed by atoms with E-state index >= 15 is 0 Å². The first-order valence-electron chi connectivity index (χ1n) is 13.1. The van der Waals surface area contributed by atoms with Gasteiger partial charge in [-0.3, -0.25) is 28.9 Å². The molecule has 0 radical (unpaired) electrons. The number of hydrogen-bond donors (Lipinski definition) is 3. The number of amides is 1. The summed E-state index contributed by atoms with van der Waals surface area (Å²) in [7, 11) is 3.12. The number of benzene rings is 2. The van der Waals surface area contributed by atoms with E-state index in [1.54, 1.807) is 20.2 Å². The van der Waals surface area contributed by atoms with Crippen molar-refractivity contribution in [1.82, 2.24) is 4.90 Å².